The number of urea groups is 2. The van der Waals surface area contributed by atoms with E-state index in [0.717, 1.165) is 0 Å². The molecule has 5 rings (SSSR count). The van der Waals surface area contributed by atoms with E-state index in [1.54, 1.807) is 55.3 Å². The normalized spacial score (nSPS) is 17.8. The first-order chi connectivity index (χ1) is 21.1. The number of aliphatic hydroxyl groups is 1. The Morgan fingerprint density at radius 2 is 1.77 bits per heavy atom. The maximum Gasteiger partial charge on any atom is 0.323 e. The van der Waals surface area contributed by atoms with Gasteiger partial charge in [-0.15, -0.1) is 0 Å². The number of aliphatic hydroxyl groups excluding tert-OH is 1. The van der Waals surface area contributed by atoms with Gasteiger partial charge in [-0.05, 0) is 55.5 Å². The second kappa shape index (κ2) is 13.1. The van der Waals surface area contributed by atoms with Crippen LogP contribution in [0.2, 0.25) is 0 Å². The Morgan fingerprint density at radius 3 is 2.52 bits per heavy atom. The quantitative estimate of drug-likeness (QED) is 0.308. The van der Waals surface area contributed by atoms with Crippen LogP contribution in [0.1, 0.15) is 24.2 Å². The van der Waals surface area contributed by atoms with Crippen molar-refractivity contribution in [2.75, 3.05) is 49.5 Å². The molecule has 0 bridgehead atoms. The Hall–Kier alpha value is -5.04. The molecule has 5 amide bonds. The predicted octanol–water partition coefficient (Wildman–Crippen LogP) is 4.58. The highest BCUT2D eigenvalue weighted by Gasteiger charge is 2.35. The number of anilines is 3. The molecule has 3 atom stereocenters. The van der Waals surface area contributed by atoms with Gasteiger partial charge in [0.2, 0.25) is 6.79 Å². The lowest BCUT2D eigenvalue weighted by Gasteiger charge is -2.38. The number of likely N-dealkylation sites (N-methyl/N-ethyl adjacent to an activating group) is 1. The minimum Gasteiger partial charge on any atom is -0.485 e. The Morgan fingerprint density at radius 1 is 1.05 bits per heavy atom. The van der Waals surface area contributed by atoms with Crippen LogP contribution in [0.5, 0.6) is 17.2 Å². The van der Waals surface area contributed by atoms with Crippen molar-refractivity contribution in [3.8, 4) is 17.2 Å². The highest BCUT2D eigenvalue weighted by Crippen LogP contribution is 2.36. The van der Waals surface area contributed by atoms with Crippen molar-refractivity contribution in [1.82, 2.24) is 9.80 Å². The van der Waals surface area contributed by atoms with E-state index in [0.29, 0.717) is 22.9 Å². The van der Waals surface area contributed by atoms with Crippen molar-refractivity contribution in [2.45, 2.75) is 26.0 Å². The van der Waals surface area contributed by atoms with Crippen LogP contribution in [-0.2, 0) is 0 Å². The Labute approximate surface area is 253 Å². The fourth-order valence-corrected chi connectivity index (χ4v) is 4.92. The molecule has 13 heteroatoms. The zero-order valence-electron chi connectivity index (χ0n) is 24.5. The third-order valence-corrected chi connectivity index (χ3v) is 7.47. The van der Waals surface area contributed by atoms with Gasteiger partial charge in [-0.2, -0.15) is 0 Å². The molecule has 0 unspecified atom stereocenters. The minimum absolute atomic E-state index is 0.0983. The third-order valence-electron chi connectivity index (χ3n) is 7.47. The number of benzene rings is 3. The molecule has 0 aromatic heterocycles. The molecular formula is C31H34FN5O7. The zero-order chi connectivity index (χ0) is 31.4. The molecule has 0 spiro atoms. The summed E-state index contributed by atoms with van der Waals surface area (Å²) in [7, 11) is 1.59. The summed E-state index contributed by atoms with van der Waals surface area (Å²) in [4.78, 5) is 42.8. The third kappa shape index (κ3) is 6.78. The van der Waals surface area contributed by atoms with Gasteiger partial charge in [-0.3, -0.25) is 4.79 Å². The van der Waals surface area contributed by atoms with Gasteiger partial charge in [0.1, 0.15) is 11.9 Å². The molecule has 4 N–H and O–H groups in total. The van der Waals surface area contributed by atoms with Gasteiger partial charge in [0.05, 0.1) is 30.4 Å². The SMILES string of the molecule is C[C@@H]1CN([C@H](C)CO)C(=O)c2cccc(NC(=O)Nc3ccc4c(c3)OCO4)c2O[C@H]1CN(C)C(=O)Nc1ccc(F)cc1. The Kier molecular flexibility index (Phi) is 9.04. The smallest absolute Gasteiger partial charge is 0.323 e. The number of nitrogens with one attached hydrogen (secondary N) is 3. The van der Waals surface area contributed by atoms with E-state index in [1.807, 2.05) is 6.92 Å². The Bertz CT molecular complexity index is 1540. The number of carbonyl (C=O) groups excluding carboxylic acids is 3. The average Bonchev–Trinajstić information content (AvgIpc) is 3.48. The second-order valence-electron chi connectivity index (χ2n) is 10.8. The summed E-state index contributed by atoms with van der Waals surface area (Å²) in [5.41, 5.74) is 1.32. The molecule has 0 saturated carbocycles. The molecule has 12 nitrogen and oxygen atoms in total. The molecule has 3 aromatic rings. The maximum absolute atomic E-state index is 13.7. The molecule has 44 heavy (non-hydrogen) atoms. The number of para-hydroxylation sites is 1. The first-order valence-corrected chi connectivity index (χ1v) is 14.1. The highest BCUT2D eigenvalue weighted by atomic mass is 19.1. The lowest BCUT2D eigenvalue weighted by molar-refractivity contribution is 0.0373. The van der Waals surface area contributed by atoms with Gasteiger partial charge >= 0.3 is 12.1 Å². The molecule has 2 aliphatic heterocycles. The summed E-state index contributed by atoms with van der Waals surface area (Å²) in [6.45, 7) is 3.83. The molecule has 0 aliphatic carbocycles. The standard InChI is InChI=1S/C31H34FN5O7/c1-18-14-37(19(2)16-38)29(39)23-5-4-6-24(35-30(40)33-22-11-12-25-26(13-22)43-17-42-25)28(23)44-27(18)15-36(3)31(41)34-21-9-7-20(32)8-10-21/h4-13,18-19,27,38H,14-17H2,1-3H3,(H,34,41)(H2,33,35,40)/t18-,19-,27+/m1/s1. The van der Waals surface area contributed by atoms with E-state index in [2.05, 4.69) is 16.0 Å². The number of fused-ring (bicyclic) bond motifs is 2. The average molecular weight is 608 g/mol. The van der Waals surface area contributed by atoms with Crippen LogP contribution in [0.3, 0.4) is 0 Å². The van der Waals surface area contributed by atoms with Crippen LogP contribution in [0.25, 0.3) is 0 Å². The van der Waals surface area contributed by atoms with Gasteiger partial charge in [0.15, 0.2) is 17.2 Å². The number of ether oxygens (including phenoxy) is 3. The largest absolute Gasteiger partial charge is 0.485 e. The summed E-state index contributed by atoms with van der Waals surface area (Å²) in [5.74, 6) is 0.135. The van der Waals surface area contributed by atoms with E-state index in [4.69, 9.17) is 14.2 Å². The van der Waals surface area contributed by atoms with Gasteiger partial charge in [0.25, 0.3) is 5.91 Å². The van der Waals surface area contributed by atoms with E-state index in [9.17, 15) is 23.9 Å². The molecule has 2 heterocycles. The highest BCUT2D eigenvalue weighted by molar-refractivity contribution is 6.04. The van der Waals surface area contributed by atoms with Crippen molar-refractivity contribution in [3.63, 3.8) is 0 Å². The maximum atomic E-state index is 13.7. The summed E-state index contributed by atoms with van der Waals surface area (Å²) < 4.78 is 30.5. The number of amides is 5. The van der Waals surface area contributed by atoms with Crippen LogP contribution in [-0.4, -0.2) is 78.6 Å². The first kappa shape index (κ1) is 30.4. The number of hydrogen-bond donors (Lipinski definition) is 4. The van der Waals surface area contributed by atoms with Crippen molar-refractivity contribution >= 4 is 35.0 Å². The number of nitrogens with zero attached hydrogens (tertiary/aromatic N) is 2. The van der Waals surface area contributed by atoms with Crippen LogP contribution in [0.15, 0.2) is 60.7 Å². The van der Waals surface area contributed by atoms with Gasteiger partial charge < -0.3 is 45.1 Å². The molecule has 2 aliphatic rings. The van der Waals surface area contributed by atoms with Gasteiger partial charge in [0, 0.05) is 37.0 Å². The van der Waals surface area contributed by atoms with Crippen molar-refractivity contribution in [3.05, 3.63) is 72.0 Å². The molecule has 232 valence electrons. The van der Waals surface area contributed by atoms with Crippen molar-refractivity contribution < 1.29 is 38.1 Å². The topological polar surface area (TPSA) is 142 Å². The number of hydrogen-bond acceptors (Lipinski definition) is 7. The van der Waals surface area contributed by atoms with Crippen LogP contribution in [0.4, 0.5) is 31.0 Å². The zero-order valence-corrected chi connectivity index (χ0v) is 24.5. The molecule has 0 saturated heterocycles. The van der Waals surface area contributed by atoms with Crippen LogP contribution >= 0.6 is 0 Å². The monoisotopic (exact) mass is 607 g/mol. The summed E-state index contributed by atoms with van der Waals surface area (Å²) in [5, 5.41) is 18.2. The number of halogens is 1. The van der Waals surface area contributed by atoms with Crippen LogP contribution < -0.4 is 30.2 Å². The number of rotatable bonds is 7. The van der Waals surface area contributed by atoms with Crippen molar-refractivity contribution in [1.29, 1.82) is 0 Å². The van der Waals surface area contributed by atoms with E-state index in [-0.39, 0.29) is 55.3 Å². The molecule has 0 radical (unpaired) electrons. The summed E-state index contributed by atoms with van der Waals surface area (Å²) >= 11 is 0. The second-order valence-corrected chi connectivity index (χ2v) is 10.8. The molecule has 0 fully saturated rings. The lowest BCUT2D eigenvalue weighted by Crippen LogP contribution is -2.50. The van der Waals surface area contributed by atoms with Gasteiger partial charge in [-0.1, -0.05) is 13.0 Å². The van der Waals surface area contributed by atoms with Gasteiger partial charge in [-0.25, -0.2) is 14.0 Å². The van der Waals surface area contributed by atoms with E-state index in [1.165, 1.54) is 29.2 Å². The first-order valence-electron chi connectivity index (χ1n) is 14.1. The molecule has 3 aromatic carbocycles. The lowest BCUT2D eigenvalue weighted by atomic mass is 9.99. The summed E-state index contributed by atoms with van der Waals surface area (Å²) in [6.07, 6.45) is -0.626. The van der Waals surface area contributed by atoms with Crippen molar-refractivity contribution in [2.24, 2.45) is 5.92 Å². The summed E-state index contributed by atoms with van der Waals surface area (Å²) in [6, 6.07) is 13.7. The predicted molar refractivity (Wildman–Crippen MR) is 161 cm³/mol. The van der Waals surface area contributed by atoms with Crippen LogP contribution in [0, 0.1) is 11.7 Å². The fourth-order valence-electron chi connectivity index (χ4n) is 4.92. The minimum atomic E-state index is -0.626. The fraction of sp³-hybridized carbons (Fsp3) is 0.323. The molecular weight excluding hydrogens is 573 g/mol. The Balaban J connectivity index is 1.39. The van der Waals surface area contributed by atoms with E-state index >= 15 is 0 Å². The van der Waals surface area contributed by atoms with E-state index < -0.39 is 30.0 Å². The number of carbonyl (C=O) groups is 3.